The number of aliphatic hydroxyl groups is 1. The first-order valence-electron chi connectivity index (χ1n) is 15.8. The molecular weight excluding hydrogens is 662 g/mol. The summed E-state index contributed by atoms with van der Waals surface area (Å²) in [5.41, 5.74) is 3.96. The molecule has 1 amide bonds. The van der Waals surface area contributed by atoms with Crippen LogP contribution in [0.1, 0.15) is 53.6 Å². The van der Waals surface area contributed by atoms with Crippen LogP contribution >= 0.6 is 23.1 Å². The fourth-order valence-electron chi connectivity index (χ4n) is 5.34. The molecule has 0 spiro atoms. The number of aliphatic hydroxyl groups excluding tert-OH is 1. The molecule has 0 saturated carbocycles. The second-order valence-electron chi connectivity index (χ2n) is 11.5. The summed E-state index contributed by atoms with van der Waals surface area (Å²) >= 11 is 2.55. The Labute approximate surface area is 292 Å². The van der Waals surface area contributed by atoms with E-state index in [9.17, 15) is 19.1 Å². The Morgan fingerprint density at radius 1 is 0.918 bits per heavy atom. The van der Waals surface area contributed by atoms with Crippen LogP contribution in [0.25, 0.3) is 5.76 Å². The molecule has 49 heavy (non-hydrogen) atoms. The number of ketones is 1. The number of amides is 1. The number of hydrogen-bond donors (Lipinski definition) is 1. The van der Waals surface area contributed by atoms with E-state index < -0.39 is 17.7 Å². The number of unbranched alkanes of at least 4 members (excludes halogenated alkanes) is 1. The largest absolute Gasteiger partial charge is 0.507 e. The Balaban J connectivity index is 1.29. The molecule has 1 saturated heterocycles. The van der Waals surface area contributed by atoms with E-state index in [0.29, 0.717) is 45.9 Å². The highest BCUT2D eigenvalue weighted by molar-refractivity contribution is 8.00. The number of Topliss-reactive ketones (excluding diaryl/α,β-unsaturated/α-hetero) is 1. The monoisotopic (exact) mass is 695 g/mol. The van der Waals surface area contributed by atoms with E-state index in [1.807, 2.05) is 31.2 Å². The molecule has 11 heteroatoms. The highest BCUT2D eigenvalue weighted by Crippen LogP contribution is 2.44. The van der Waals surface area contributed by atoms with Crippen molar-refractivity contribution in [2.24, 2.45) is 0 Å². The van der Waals surface area contributed by atoms with Crippen molar-refractivity contribution in [2.45, 2.75) is 49.4 Å². The smallest absolute Gasteiger partial charge is 0.301 e. The Morgan fingerprint density at radius 3 is 2.35 bits per heavy atom. The minimum atomic E-state index is -0.968. The fraction of sp³-hybridized carbons (Fsp3) is 0.211. The third-order valence-electron chi connectivity index (χ3n) is 7.90. The molecule has 1 aliphatic heterocycles. The Hall–Kier alpha value is -5.00. The van der Waals surface area contributed by atoms with Crippen molar-refractivity contribution in [3.05, 3.63) is 136 Å². The van der Waals surface area contributed by atoms with Gasteiger partial charge in [0.25, 0.3) is 5.78 Å². The van der Waals surface area contributed by atoms with E-state index >= 15 is 0 Å². The highest BCUT2D eigenvalue weighted by atomic mass is 32.2. The first-order valence-corrected chi connectivity index (χ1v) is 17.6. The van der Waals surface area contributed by atoms with Crippen LogP contribution < -0.4 is 14.4 Å². The number of halogens is 1. The van der Waals surface area contributed by atoms with Crippen molar-refractivity contribution in [2.75, 3.05) is 11.5 Å². The van der Waals surface area contributed by atoms with Crippen molar-refractivity contribution in [3.63, 3.8) is 0 Å². The molecular formula is C38H34FN3O5S2. The van der Waals surface area contributed by atoms with Crippen molar-refractivity contribution in [3.8, 4) is 11.5 Å². The molecule has 1 fully saturated rings. The summed E-state index contributed by atoms with van der Waals surface area (Å²) in [5, 5.41) is 20.4. The number of nitrogens with zero attached hydrogens (tertiary/aromatic N) is 3. The lowest BCUT2D eigenvalue weighted by atomic mass is 9.95. The van der Waals surface area contributed by atoms with Crippen LogP contribution in [0.3, 0.4) is 0 Å². The van der Waals surface area contributed by atoms with Crippen LogP contribution in [0.4, 0.5) is 9.52 Å². The van der Waals surface area contributed by atoms with Crippen molar-refractivity contribution < 1.29 is 28.6 Å². The van der Waals surface area contributed by atoms with Crippen molar-refractivity contribution in [1.82, 2.24) is 10.2 Å². The lowest BCUT2D eigenvalue weighted by Crippen LogP contribution is -2.29. The van der Waals surface area contributed by atoms with Gasteiger partial charge in [-0.25, -0.2) is 4.39 Å². The van der Waals surface area contributed by atoms with Crippen molar-refractivity contribution >= 4 is 45.7 Å². The molecule has 8 nitrogen and oxygen atoms in total. The van der Waals surface area contributed by atoms with Gasteiger partial charge in [-0.05, 0) is 78.6 Å². The SMILES string of the molecule is CCCCOc1ccc(C2/C(=C(\O)c3ccc(OCc4cccc(C)c4)cc3)C(=O)C(=O)N2c2nnc(SCc3ccc(F)cc3)s2)cc1. The molecule has 4 aromatic carbocycles. The standard InChI is InChI=1S/C38H34FN3O5S2/c1-3-4-20-46-30-16-10-27(11-17-30)33-32(34(43)28-12-18-31(19-13-28)47-22-26-7-5-6-24(2)21-26)35(44)36(45)42(33)37-40-41-38(49-37)48-23-25-8-14-29(39)15-9-25/h5-19,21,33,43H,3-4,20,22-23H2,1-2H3/b34-32+. The van der Waals surface area contributed by atoms with E-state index in [4.69, 9.17) is 9.47 Å². The number of thioether (sulfide) groups is 1. The summed E-state index contributed by atoms with van der Waals surface area (Å²) in [6.45, 7) is 5.05. The number of hydrogen-bond acceptors (Lipinski definition) is 9. The summed E-state index contributed by atoms with van der Waals surface area (Å²) in [5.74, 6) is -0.513. The van der Waals surface area contributed by atoms with Gasteiger partial charge in [0.05, 0.1) is 18.2 Å². The molecule has 1 aliphatic rings. The number of carbonyl (C=O) groups excluding carboxylic acids is 2. The van der Waals surface area contributed by atoms with Gasteiger partial charge in [-0.15, -0.1) is 10.2 Å². The number of aromatic nitrogens is 2. The van der Waals surface area contributed by atoms with Gasteiger partial charge in [-0.3, -0.25) is 14.5 Å². The molecule has 1 aromatic heterocycles. The maximum atomic E-state index is 13.7. The maximum absolute atomic E-state index is 13.7. The van der Waals surface area contributed by atoms with Crippen LogP contribution in [-0.4, -0.2) is 33.6 Å². The van der Waals surface area contributed by atoms with Crippen molar-refractivity contribution in [1.29, 1.82) is 0 Å². The normalized spacial score (nSPS) is 15.5. The first kappa shape index (κ1) is 33.9. The number of ether oxygens (including phenoxy) is 2. The molecule has 1 atom stereocenters. The highest BCUT2D eigenvalue weighted by Gasteiger charge is 2.48. The number of carbonyl (C=O) groups is 2. The number of rotatable bonds is 13. The molecule has 2 heterocycles. The maximum Gasteiger partial charge on any atom is 0.301 e. The third-order valence-corrected chi connectivity index (χ3v) is 10.0. The molecule has 5 aromatic rings. The number of benzene rings is 4. The Bertz CT molecular complexity index is 1960. The Kier molecular flexibility index (Phi) is 10.7. The quantitative estimate of drug-likeness (QED) is 0.0326. The second-order valence-corrected chi connectivity index (χ2v) is 13.7. The van der Waals surface area contributed by atoms with Gasteiger partial charge in [0.2, 0.25) is 5.13 Å². The number of anilines is 1. The summed E-state index contributed by atoms with van der Waals surface area (Å²) < 4.78 is 25.7. The average Bonchev–Trinajstić information content (AvgIpc) is 3.69. The zero-order valence-electron chi connectivity index (χ0n) is 27.0. The molecule has 250 valence electrons. The van der Waals surface area contributed by atoms with Gasteiger partial charge in [-0.1, -0.05) is 90.5 Å². The van der Waals surface area contributed by atoms with E-state index in [1.165, 1.54) is 28.8 Å². The lowest BCUT2D eigenvalue weighted by molar-refractivity contribution is -0.132. The zero-order valence-corrected chi connectivity index (χ0v) is 28.6. The van der Waals surface area contributed by atoms with Crippen LogP contribution in [0.15, 0.2) is 107 Å². The third kappa shape index (κ3) is 8.01. The summed E-state index contributed by atoms with van der Waals surface area (Å²) in [7, 11) is 0. The molecule has 0 radical (unpaired) electrons. The average molecular weight is 696 g/mol. The summed E-state index contributed by atoms with van der Waals surface area (Å²) in [4.78, 5) is 28.7. The molecule has 0 aliphatic carbocycles. The fourth-order valence-corrected chi connectivity index (χ4v) is 7.17. The predicted octanol–water partition coefficient (Wildman–Crippen LogP) is 8.66. The summed E-state index contributed by atoms with van der Waals surface area (Å²) in [6.07, 6.45) is 1.91. The van der Waals surface area contributed by atoms with E-state index in [2.05, 4.69) is 17.1 Å². The zero-order chi connectivity index (χ0) is 34.3. The molecule has 0 bridgehead atoms. The van der Waals surface area contributed by atoms with Gasteiger partial charge in [0.1, 0.15) is 29.7 Å². The summed E-state index contributed by atoms with van der Waals surface area (Å²) in [6, 6.07) is 27.1. The molecule has 6 rings (SSSR count). The van der Waals surface area contributed by atoms with Gasteiger partial charge >= 0.3 is 5.91 Å². The van der Waals surface area contributed by atoms with E-state index in [1.54, 1.807) is 60.7 Å². The lowest BCUT2D eigenvalue weighted by Gasteiger charge is -2.22. The van der Waals surface area contributed by atoms with Gasteiger partial charge in [0, 0.05) is 11.3 Å². The minimum absolute atomic E-state index is 0.0613. The van der Waals surface area contributed by atoms with Crippen LogP contribution in [-0.2, 0) is 21.9 Å². The topological polar surface area (TPSA) is 102 Å². The van der Waals surface area contributed by atoms with E-state index in [0.717, 1.165) is 40.9 Å². The predicted molar refractivity (Wildman–Crippen MR) is 189 cm³/mol. The van der Waals surface area contributed by atoms with E-state index in [-0.39, 0.29) is 22.3 Å². The minimum Gasteiger partial charge on any atom is -0.507 e. The number of aryl methyl sites for hydroxylation is 1. The second kappa shape index (κ2) is 15.5. The van der Waals surface area contributed by atoms with Gasteiger partial charge in [0.15, 0.2) is 4.34 Å². The first-order chi connectivity index (χ1) is 23.8. The Morgan fingerprint density at radius 2 is 1.63 bits per heavy atom. The van der Waals surface area contributed by atoms with Crippen LogP contribution in [0, 0.1) is 12.7 Å². The molecule has 1 unspecified atom stereocenters. The van der Waals surface area contributed by atoms with Crippen LogP contribution in [0.5, 0.6) is 11.5 Å². The molecule has 1 N–H and O–H groups in total. The van der Waals surface area contributed by atoms with Gasteiger partial charge < -0.3 is 14.6 Å². The van der Waals surface area contributed by atoms with Crippen LogP contribution in [0.2, 0.25) is 0 Å². The van der Waals surface area contributed by atoms with Gasteiger partial charge in [-0.2, -0.15) is 0 Å².